The number of rotatable bonds is 4. The highest BCUT2D eigenvalue weighted by Gasteiger charge is 2.05. The fourth-order valence-corrected chi connectivity index (χ4v) is 2.10. The van der Waals surface area contributed by atoms with E-state index >= 15 is 0 Å². The summed E-state index contributed by atoms with van der Waals surface area (Å²) in [5.41, 5.74) is 8.65. The molecule has 84 valence electrons. The van der Waals surface area contributed by atoms with E-state index < -0.39 is 11.1 Å². The van der Waals surface area contributed by atoms with Crippen LogP contribution in [-0.2, 0) is 15.4 Å². The smallest absolute Gasteiger partial charge is 0.212 e. The van der Waals surface area contributed by atoms with Crippen LogP contribution in [0.3, 0.4) is 0 Å². The Morgan fingerprint density at radius 3 is 2.75 bits per heavy atom. The zero-order valence-electron chi connectivity index (χ0n) is 8.12. The number of nitrogens with two attached hydrogens (primary N) is 1. The van der Waals surface area contributed by atoms with Crippen molar-refractivity contribution >= 4 is 33.2 Å². The minimum atomic E-state index is -1.58. The second-order valence-corrected chi connectivity index (χ2v) is 4.83. The first kappa shape index (κ1) is 11.1. The molecule has 0 saturated carbocycles. The molecular weight excluding hydrogens is 246 g/mol. The number of benzene rings is 1. The maximum absolute atomic E-state index is 11.6. The number of thiazole rings is 1. The van der Waals surface area contributed by atoms with Crippen molar-refractivity contribution in [2.75, 3.05) is 11.2 Å². The predicted octanol–water partition coefficient (Wildman–Crippen LogP) is 1.79. The average molecular weight is 255 g/mol. The third kappa shape index (κ3) is 2.78. The van der Waals surface area contributed by atoms with E-state index in [1.807, 2.05) is 0 Å². The molecule has 0 fully saturated rings. The van der Waals surface area contributed by atoms with Crippen LogP contribution >= 0.6 is 11.3 Å². The second kappa shape index (κ2) is 5.06. The zero-order valence-corrected chi connectivity index (χ0v) is 9.75. The van der Waals surface area contributed by atoms with E-state index in [1.165, 1.54) is 11.3 Å². The summed E-state index contributed by atoms with van der Waals surface area (Å²) in [7, 11) is 0. The van der Waals surface area contributed by atoms with Crippen molar-refractivity contribution < 1.29 is 8.49 Å². The van der Waals surface area contributed by atoms with Crippen LogP contribution in [-0.4, -0.2) is 9.19 Å². The van der Waals surface area contributed by atoms with Gasteiger partial charge in [0.05, 0.1) is 4.90 Å². The largest absolute Gasteiger partial charge is 0.399 e. The Morgan fingerprint density at radius 1 is 1.38 bits per heavy atom. The van der Waals surface area contributed by atoms with Gasteiger partial charge in [0, 0.05) is 17.3 Å². The molecule has 0 spiro atoms. The van der Waals surface area contributed by atoms with Crippen molar-refractivity contribution in [3.05, 3.63) is 35.8 Å². The highest BCUT2D eigenvalue weighted by atomic mass is 32.2. The number of aromatic nitrogens is 1. The lowest BCUT2D eigenvalue weighted by Gasteiger charge is -2.02. The van der Waals surface area contributed by atoms with Crippen molar-refractivity contribution in [2.45, 2.75) is 4.90 Å². The lowest BCUT2D eigenvalue weighted by molar-refractivity contribution is 0.435. The van der Waals surface area contributed by atoms with E-state index in [1.54, 1.807) is 35.8 Å². The van der Waals surface area contributed by atoms with Crippen LogP contribution < -0.4 is 11.2 Å². The van der Waals surface area contributed by atoms with Crippen molar-refractivity contribution in [1.82, 2.24) is 4.98 Å². The van der Waals surface area contributed by atoms with Gasteiger partial charge in [0.2, 0.25) is 16.2 Å². The first-order chi connectivity index (χ1) is 7.75. The monoisotopic (exact) mass is 255 g/mol. The molecule has 1 heterocycles. The van der Waals surface area contributed by atoms with Crippen LogP contribution in [0.1, 0.15) is 0 Å². The fourth-order valence-electron chi connectivity index (χ4n) is 0.974. The maximum atomic E-state index is 11.6. The van der Waals surface area contributed by atoms with Gasteiger partial charge in [0.15, 0.2) is 0 Å². The van der Waals surface area contributed by atoms with Gasteiger partial charge >= 0.3 is 0 Å². The van der Waals surface area contributed by atoms with Crippen molar-refractivity contribution in [3.8, 4) is 0 Å². The molecule has 2 aromatic rings. The molecular formula is C9H9N3O2S2. The zero-order chi connectivity index (χ0) is 11.4. The molecule has 3 N–H and O–H groups in total. The van der Waals surface area contributed by atoms with Crippen LogP contribution in [0.15, 0.2) is 40.7 Å². The summed E-state index contributed by atoms with van der Waals surface area (Å²) in [5.74, 6) is 0. The second-order valence-electron chi connectivity index (χ2n) is 2.83. The van der Waals surface area contributed by atoms with Gasteiger partial charge in [0.25, 0.3) is 0 Å². The van der Waals surface area contributed by atoms with Crippen molar-refractivity contribution in [3.63, 3.8) is 0 Å². The highest BCUT2D eigenvalue weighted by Crippen LogP contribution is 2.14. The van der Waals surface area contributed by atoms with Gasteiger partial charge < -0.3 is 5.73 Å². The topological polar surface area (TPSA) is 77.2 Å². The third-order valence-electron chi connectivity index (χ3n) is 1.71. The Morgan fingerprint density at radius 2 is 2.12 bits per heavy atom. The van der Waals surface area contributed by atoms with E-state index in [9.17, 15) is 4.21 Å². The molecule has 0 aliphatic heterocycles. The maximum Gasteiger partial charge on any atom is 0.212 e. The summed E-state index contributed by atoms with van der Waals surface area (Å²) in [6.45, 7) is 0. The molecule has 7 heteroatoms. The van der Waals surface area contributed by atoms with Crippen LogP contribution in [0, 0.1) is 0 Å². The Kier molecular flexibility index (Phi) is 3.50. The first-order valence-corrected chi connectivity index (χ1v) is 6.31. The fraction of sp³-hybridized carbons (Fsp3) is 0. The Labute approximate surface area is 98.9 Å². The molecule has 0 aliphatic rings. The Balaban J connectivity index is 1.95. The van der Waals surface area contributed by atoms with Crippen LogP contribution in [0.25, 0.3) is 0 Å². The molecule has 0 amide bonds. The first-order valence-electron chi connectivity index (χ1n) is 4.36. The van der Waals surface area contributed by atoms with E-state index in [0.29, 0.717) is 15.7 Å². The Bertz CT molecular complexity index is 470. The summed E-state index contributed by atoms with van der Waals surface area (Å²) in [6, 6.07) is 6.63. The van der Waals surface area contributed by atoms with Crippen molar-refractivity contribution in [1.29, 1.82) is 0 Å². The van der Waals surface area contributed by atoms with Gasteiger partial charge in [0.1, 0.15) is 0 Å². The standard InChI is InChI=1S/C9H9N3O2S2/c10-7-1-3-8(4-2-7)16(13)14-12-9-11-5-6-15-9/h1-6H,10H2,(H,11,12). The number of hydrogen-bond donors (Lipinski definition) is 2. The van der Waals surface area contributed by atoms with Crippen LogP contribution in [0.2, 0.25) is 0 Å². The molecule has 1 unspecified atom stereocenters. The molecule has 16 heavy (non-hydrogen) atoms. The van der Waals surface area contributed by atoms with Gasteiger partial charge in [-0.05, 0) is 24.3 Å². The molecule has 0 saturated heterocycles. The summed E-state index contributed by atoms with van der Waals surface area (Å²) in [5, 5.41) is 2.35. The molecule has 5 nitrogen and oxygen atoms in total. The van der Waals surface area contributed by atoms with Gasteiger partial charge in [-0.1, -0.05) is 0 Å². The minimum absolute atomic E-state index is 0.540. The molecule has 0 aliphatic carbocycles. The highest BCUT2D eigenvalue weighted by molar-refractivity contribution is 7.80. The van der Waals surface area contributed by atoms with Gasteiger partial charge in [-0.2, -0.15) is 4.28 Å². The minimum Gasteiger partial charge on any atom is -0.399 e. The Hall–Kier alpha value is -1.44. The number of nitrogens with one attached hydrogen (secondary N) is 1. The van der Waals surface area contributed by atoms with E-state index in [2.05, 4.69) is 10.5 Å². The van der Waals surface area contributed by atoms with E-state index in [0.717, 1.165) is 0 Å². The lowest BCUT2D eigenvalue weighted by Crippen LogP contribution is -2.04. The molecule has 1 aromatic carbocycles. The van der Waals surface area contributed by atoms with E-state index in [-0.39, 0.29) is 0 Å². The lowest BCUT2D eigenvalue weighted by atomic mass is 10.3. The third-order valence-corrected chi connectivity index (χ3v) is 3.27. The normalized spacial score (nSPS) is 12.2. The number of nitrogens with zero attached hydrogens (tertiary/aromatic N) is 1. The van der Waals surface area contributed by atoms with Gasteiger partial charge in [-0.3, -0.25) is 0 Å². The quantitative estimate of drug-likeness (QED) is 0.643. The predicted molar refractivity (Wildman–Crippen MR) is 64.1 cm³/mol. The number of anilines is 2. The molecule has 0 bridgehead atoms. The van der Waals surface area contributed by atoms with E-state index in [4.69, 9.17) is 10.0 Å². The SMILES string of the molecule is Nc1ccc(S(=O)ONc2nccs2)cc1. The average Bonchev–Trinajstić information content (AvgIpc) is 2.80. The summed E-state index contributed by atoms with van der Waals surface area (Å²) < 4.78 is 16.6. The van der Waals surface area contributed by atoms with Gasteiger partial charge in [-0.25, -0.2) is 14.7 Å². The number of nitrogen functional groups attached to an aromatic ring is 1. The molecule has 1 aromatic heterocycles. The van der Waals surface area contributed by atoms with Gasteiger partial charge in [-0.15, -0.1) is 11.3 Å². The summed E-state index contributed by atoms with van der Waals surface area (Å²) in [6.07, 6.45) is 1.63. The van der Waals surface area contributed by atoms with Crippen LogP contribution in [0.5, 0.6) is 0 Å². The van der Waals surface area contributed by atoms with Crippen LogP contribution in [0.4, 0.5) is 10.8 Å². The van der Waals surface area contributed by atoms with Crippen molar-refractivity contribution in [2.24, 2.45) is 0 Å². The molecule has 1 atom stereocenters. The molecule has 0 radical (unpaired) electrons. The summed E-state index contributed by atoms with van der Waals surface area (Å²) in [4.78, 5) is 4.46. The molecule has 2 rings (SSSR count). The number of hydrogen-bond acceptors (Lipinski definition) is 6. The summed E-state index contributed by atoms with van der Waals surface area (Å²) >= 11 is -0.215.